The van der Waals surface area contributed by atoms with Crippen molar-refractivity contribution in [2.45, 2.75) is 6.18 Å². The quantitative estimate of drug-likeness (QED) is 0.691. The molecule has 0 bridgehead atoms. The van der Waals surface area contributed by atoms with Gasteiger partial charge >= 0.3 is 12.1 Å². The molecule has 1 heterocycles. The first-order valence-corrected chi connectivity index (χ1v) is 5.84. The lowest BCUT2D eigenvalue weighted by Gasteiger charge is -2.34. The second-order valence-corrected chi connectivity index (χ2v) is 4.16. The van der Waals surface area contributed by atoms with Gasteiger partial charge in [0.2, 0.25) is 0 Å². The molecule has 0 unspecified atom stereocenters. The lowest BCUT2D eigenvalue weighted by atomic mass is 10.3. The van der Waals surface area contributed by atoms with E-state index in [1.807, 2.05) is 10.2 Å². The molecule has 0 aromatic heterocycles. The Labute approximate surface area is 104 Å². The first-order valence-electron chi connectivity index (χ1n) is 5.84. The summed E-state index contributed by atoms with van der Waals surface area (Å²) in [5, 5.41) is 10.6. The van der Waals surface area contributed by atoms with Crippen molar-refractivity contribution in [1.29, 1.82) is 0 Å². The Kier molecular flexibility index (Phi) is 5.83. The first kappa shape index (κ1) is 15.2. The van der Waals surface area contributed by atoms with E-state index in [0.717, 1.165) is 26.2 Å². The number of aliphatic hydroxyl groups excluding tert-OH is 1. The summed E-state index contributed by atoms with van der Waals surface area (Å²) in [4.78, 5) is 14.6. The number of nitrogens with one attached hydrogen (secondary N) is 1. The van der Waals surface area contributed by atoms with Crippen LogP contribution in [0, 0.1) is 0 Å². The largest absolute Gasteiger partial charge is 0.471 e. The summed E-state index contributed by atoms with van der Waals surface area (Å²) in [6.45, 7) is 4.19. The van der Waals surface area contributed by atoms with Crippen molar-refractivity contribution in [2.24, 2.45) is 0 Å². The van der Waals surface area contributed by atoms with E-state index < -0.39 is 12.1 Å². The van der Waals surface area contributed by atoms with Crippen LogP contribution in [0.1, 0.15) is 0 Å². The van der Waals surface area contributed by atoms with Gasteiger partial charge in [0.1, 0.15) is 0 Å². The smallest absolute Gasteiger partial charge is 0.395 e. The van der Waals surface area contributed by atoms with Crippen LogP contribution in [0.3, 0.4) is 0 Å². The Bertz CT molecular complexity index is 266. The third-order valence-electron chi connectivity index (χ3n) is 2.85. The standard InChI is InChI=1S/C10H18F3N3O2/c11-10(12,13)9(18)14-1-2-15-3-5-16(6-4-15)7-8-17/h17H,1-8H2,(H,14,18). The third kappa shape index (κ3) is 5.19. The minimum atomic E-state index is -4.81. The number of rotatable bonds is 5. The molecule has 1 fully saturated rings. The molecule has 0 radical (unpaired) electrons. The Hall–Kier alpha value is -0.860. The van der Waals surface area contributed by atoms with Gasteiger partial charge in [0, 0.05) is 45.8 Å². The molecule has 5 nitrogen and oxygen atoms in total. The molecule has 8 heteroatoms. The van der Waals surface area contributed by atoms with Gasteiger partial charge in [0.05, 0.1) is 6.61 Å². The molecule has 0 aromatic carbocycles. The molecule has 1 aliphatic heterocycles. The SMILES string of the molecule is O=C(NCCN1CCN(CCO)CC1)C(F)(F)F. The highest BCUT2D eigenvalue weighted by Crippen LogP contribution is 2.13. The van der Waals surface area contributed by atoms with Gasteiger partial charge < -0.3 is 10.4 Å². The zero-order chi connectivity index (χ0) is 13.6. The van der Waals surface area contributed by atoms with E-state index in [2.05, 4.69) is 4.90 Å². The Morgan fingerprint density at radius 2 is 1.61 bits per heavy atom. The van der Waals surface area contributed by atoms with Crippen molar-refractivity contribution in [2.75, 3.05) is 52.4 Å². The molecule has 2 N–H and O–H groups in total. The van der Waals surface area contributed by atoms with E-state index in [4.69, 9.17) is 5.11 Å². The van der Waals surface area contributed by atoms with Gasteiger partial charge in [0.25, 0.3) is 0 Å². The number of hydrogen-bond acceptors (Lipinski definition) is 4. The van der Waals surface area contributed by atoms with Crippen molar-refractivity contribution >= 4 is 5.91 Å². The number of β-amino-alcohol motifs (C(OH)–C–C–N with tert-alkyl or cyclic N) is 1. The van der Waals surface area contributed by atoms with Crippen molar-refractivity contribution < 1.29 is 23.1 Å². The fourth-order valence-electron chi connectivity index (χ4n) is 1.81. The lowest BCUT2D eigenvalue weighted by molar-refractivity contribution is -0.173. The van der Waals surface area contributed by atoms with Gasteiger partial charge in [0.15, 0.2) is 0 Å². The fraction of sp³-hybridized carbons (Fsp3) is 0.900. The summed E-state index contributed by atoms with van der Waals surface area (Å²) in [6.07, 6.45) is -4.81. The van der Waals surface area contributed by atoms with Crippen molar-refractivity contribution in [3.63, 3.8) is 0 Å². The maximum atomic E-state index is 11.9. The van der Waals surface area contributed by atoms with E-state index in [0.29, 0.717) is 13.1 Å². The summed E-state index contributed by atoms with van der Waals surface area (Å²) in [5.41, 5.74) is 0. The van der Waals surface area contributed by atoms with Gasteiger partial charge in [-0.3, -0.25) is 14.6 Å². The van der Waals surface area contributed by atoms with E-state index in [1.165, 1.54) is 0 Å². The number of amides is 1. The Morgan fingerprint density at radius 1 is 1.11 bits per heavy atom. The van der Waals surface area contributed by atoms with Gasteiger partial charge in [-0.05, 0) is 0 Å². The van der Waals surface area contributed by atoms with Crippen LogP contribution in [-0.2, 0) is 4.79 Å². The van der Waals surface area contributed by atoms with E-state index in [9.17, 15) is 18.0 Å². The van der Waals surface area contributed by atoms with Gasteiger partial charge in [-0.25, -0.2) is 0 Å². The third-order valence-corrected chi connectivity index (χ3v) is 2.85. The van der Waals surface area contributed by atoms with Gasteiger partial charge in [-0.1, -0.05) is 0 Å². The van der Waals surface area contributed by atoms with Crippen LogP contribution in [0.5, 0.6) is 0 Å². The van der Waals surface area contributed by atoms with Gasteiger partial charge in [-0.2, -0.15) is 13.2 Å². The summed E-state index contributed by atoms with van der Waals surface area (Å²) in [5.74, 6) is -1.89. The number of carbonyl (C=O) groups excluding carboxylic acids is 1. The van der Waals surface area contributed by atoms with Crippen molar-refractivity contribution in [3.8, 4) is 0 Å². The molecular weight excluding hydrogens is 251 g/mol. The zero-order valence-corrected chi connectivity index (χ0v) is 10.0. The maximum Gasteiger partial charge on any atom is 0.471 e. The van der Waals surface area contributed by atoms with Gasteiger partial charge in [-0.15, -0.1) is 0 Å². The number of alkyl halides is 3. The van der Waals surface area contributed by atoms with Crippen LogP contribution in [0.4, 0.5) is 13.2 Å². The van der Waals surface area contributed by atoms with E-state index in [1.54, 1.807) is 0 Å². The van der Waals surface area contributed by atoms with Crippen LogP contribution in [0.2, 0.25) is 0 Å². The minimum absolute atomic E-state index is 0.00164. The second kappa shape index (κ2) is 6.91. The first-order chi connectivity index (χ1) is 8.43. The van der Waals surface area contributed by atoms with E-state index in [-0.39, 0.29) is 13.2 Å². The number of nitrogens with zero attached hydrogens (tertiary/aromatic N) is 2. The Balaban J connectivity index is 2.13. The predicted molar refractivity (Wildman–Crippen MR) is 59.0 cm³/mol. The molecule has 0 atom stereocenters. The fourth-order valence-corrected chi connectivity index (χ4v) is 1.81. The lowest BCUT2D eigenvalue weighted by Crippen LogP contribution is -2.49. The Morgan fingerprint density at radius 3 is 2.06 bits per heavy atom. The highest BCUT2D eigenvalue weighted by atomic mass is 19.4. The summed E-state index contributed by atoms with van der Waals surface area (Å²) < 4.78 is 35.7. The molecule has 1 amide bonds. The molecule has 0 aromatic rings. The number of carbonyl (C=O) groups is 1. The summed E-state index contributed by atoms with van der Waals surface area (Å²) in [6, 6.07) is 0. The molecule has 1 saturated heterocycles. The van der Waals surface area contributed by atoms with Crippen LogP contribution in [0.25, 0.3) is 0 Å². The summed E-state index contributed by atoms with van der Waals surface area (Å²) >= 11 is 0. The number of aliphatic hydroxyl groups is 1. The minimum Gasteiger partial charge on any atom is -0.395 e. The predicted octanol–water partition coefficient (Wildman–Crippen LogP) is -0.725. The molecule has 1 aliphatic rings. The molecule has 18 heavy (non-hydrogen) atoms. The molecule has 0 aliphatic carbocycles. The molecule has 106 valence electrons. The topological polar surface area (TPSA) is 55.8 Å². The van der Waals surface area contributed by atoms with Crippen LogP contribution in [0.15, 0.2) is 0 Å². The zero-order valence-electron chi connectivity index (χ0n) is 10.0. The van der Waals surface area contributed by atoms with Crippen molar-refractivity contribution in [3.05, 3.63) is 0 Å². The number of piperazine rings is 1. The van der Waals surface area contributed by atoms with Crippen LogP contribution < -0.4 is 5.32 Å². The summed E-state index contributed by atoms with van der Waals surface area (Å²) in [7, 11) is 0. The number of halogens is 3. The van der Waals surface area contributed by atoms with E-state index >= 15 is 0 Å². The molecule has 0 spiro atoms. The average Bonchev–Trinajstić information content (AvgIpc) is 2.30. The number of hydrogen-bond donors (Lipinski definition) is 2. The maximum absolute atomic E-state index is 11.9. The molecule has 0 saturated carbocycles. The normalized spacial score (nSPS) is 18.9. The highest BCUT2D eigenvalue weighted by Gasteiger charge is 2.38. The second-order valence-electron chi connectivity index (χ2n) is 4.16. The molecule has 1 rings (SSSR count). The van der Waals surface area contributed by atoms with Crippen LogP contribution >= 0.6 is 0 Å². The molecular formula is C10H18F3N3O2. The average molecular weight is 269 g/mol. The monoisotopic (exact) mass is 269 g/mol. The van der Waals surface area contributed by atoms with Crippen LogP contribution in [-0.4, -0.2) is 79.4 Å². The van der Waals surface area contributed by atoms with Crippen molar-refractivity contribution in [1.82, 2.24) is 15.1 Å². The highest BCUT2D eigenvalue weighted by molar-refractivity contribution is 5.81.